The van der Waals surface area contributed by atoms with E-state index in [9.17, 15) is 40.5 Å². The van der Waals surface area contributed by atoms with E-state index in [1.54, 1.807) is 0 Å². The highest BCUT2D eigenvalue weighted by Gasteiger charge is 2.50. The number of ether oxygens (including phenoxy) is 8. The van der Waals surface area contributed by atoms with Crippen molar-refractivity contribution in [1.29, 1.82) is 0 Å². The molecule has 17 heteroatoms. The zero-order chi connectivity index (χ0) is 33.3. The molecule has 0 radical (unpaired) electrons. The second-order valence-electron chi connectivity index (χ2n) is 10.8. The van der Waals surface area contributed by atoms with Crippen LogP contribution in [0.25, 0.3) is 0 Å². The molecule has 10 atom stereocenters. The molecule has 0 spiro atoms. The van der Waals surface area contributed by atoms with Gasteiger partial charge in [-0.05, 0) is 12.8 Å². The van der Waals surface area contributed by atoms with Gasteiger partial charge >= 0.3 is 0 Å². The van der Waals surface area contributed by atoms with Crippen LogP contribution in [0, 0.1) is 0 Å². The Bertz CT molecular complexity index is 920. The Morgan fingerprint density at radius 2 is 1.35 bits per heavy atom. The molecule has 266 valence electrons. The normalized spacial score (nSPS) is 32.9. The molecule has 1 amide bonds. The zero-order valence-electron chi connectivity index (χ0n) is 25.7. The summed E-state index contributed by atoms with van der Waals surface area (Å²) in [6.07, 6.45) is -7.25. The summed E-state index contributed by atoms with van der Waals surface area (Å²) >= 11 is 0. The van der Waals surface area contributed by atoms with E-state index in [0.717, 1.165) is 12.8 Å². The van der Waals surface area contributed by atoms with Crippen LogP contribution in [0.1, 0.15) is 12.8 Å². The number of hydrogen-bond donors (Lipinski definition) is 8. The molecule has 1 aliphatic carbocycles. The van der Waals surface area contributed by atoms with Crippen LogP contribution in [0.2, 0.25) is 0 Å². The van der Waals surface area contributed by atoms with E-state index in [-0.39, 0.29) is 33.0 Å². The van der Waals surface area contributed by atoms with E-state index in [1.807, 2.05) is 0 Å². The van der Waals surface area contributed by atoms with Crippen LogP contribution < -0.4 is 5.32 Å². The molecule has 0 saturated carbocycles. The van der Waals surface area contributed by atoms with Crippen molar-refractivity contribution in [2.45, 2.75) is 74.3 Å². The van der Waals surface area contributed by atoms with E-state index in [2.05, 4.69) is 23.5 Å². The Morgan fingerprint density at radius 3 is 1.98 bits per heavy atom. The van der Waals surface area contributed by atoms with Crippen LogP contribution in [-0.2, 0) is 42.7 Å². The summed E-state index contributed by atoms with van der Waals surface area (Å²) in [5, 5.41) is 72.9. The van der Waals surface area contributed by atoms with E-state index in [0.29, 0.717) is 33.0 Å². The summed E-state index contributed by atoms with van der Waals surface area (Å²) in [5.41, 5.74) is 1.37. The van der Waals surface area contributed by atoms with Gasteiger partial charge in [-0.1, -0.05) is 23.8 Å². The van der Waals surface area contributed by atoms with E-state index in [1.165, 1.54) is 5.57 Å². The number of carbonyl (C=O) groups is 1. The molecule has 2 heterocycles. The number of aliphatic hydroxyl groups excluding tert-OH is 7. The molecule has 3 rings (SSSR count). The van der Waals surface area contributed by atoms with Crippen LogP contribution in [0.4, 0.5) is 0 Å². The molecule has 2 aliphatic heterocycles. The monoisotopic (exact) mass is 667 g/mol. The van der Waals surface area contributed by atoms with Crippen molar-refractivity contribution in [2.75, 3.05) is 79.2 Å². The predicted molar refractivity (Wildman–Crippen MR) is 155 cm³/mol. The highest BCUT2D eigenvalue weighted by molar-refractivity contribution is 5.77. The molecule has 0 unspecified atom stereocenters. The largest absolute Gasteiger partial charge is 0.394 e. The van der Waals surface area contributed by atoms with Crippen LogP contribution in [0.3, 0.4) is 0 Å². The lowest BCUT2D eigenvalue weighted by molar-refractivity contribution is -0.359. The number of rotatable bonds is 22. The van der Waals surface area contributed by atoms with Crippen molar-refractivity contribution < 1.29 is 78.4 Å². The molecule has 0 aromatic heterocycles. The van der Waals surface area contributed by atoms with Crippen LogP contribution in [0.15, 0.2) is 23.8 Å². The first-order chi connectivity index (χ1) is 22.3. The topological polar surface area (TPSA) is 245 Å². The minimum absolute atomic E-state index is 0.0199. The SMILES string of the molecule is O=C(COCCOCCOCCOCCC1=CC=CC1)NCCO[C@@H]1O[C@H](CO)[C@@H](O[C@@H]2O[C@H](CO)[C@H](O)[C@H](O)[C@H]2O)[C@H](O)[C@H]1O. The van der Waals surface area contributed by atoms with Crippen LogP contribution in [-0.4, -0.2) is 182 Å². The van der Waals surface area contributed by atoms with Gasteiger partial charge in [-0.2, -0.15) is 0 Å². The van der Waals surface area contributed by atoms with E-state index in [4.69, 9.17) is 37.9 Å². The van der Waals surface area contributed by atoms with Crippen molar-refractivity contribution in [3.63, 3.8) is 0 Å². The lowest BCUT2D eigenvalue weighted by Gasteiger charge is -2.45. The number of allylic oxidation sites excluding steroid dienone is 3. The fourth-order valence-electron chi connectivity index (χ4n) is 4.81. The average molecular weight is 668 g/mol. The summed E-state index contributed by atoms with van der Waals surface area (Å²) in [7, 11) is 0. The van der Waals surface area contributed by atoms with Crippen molar-refractivity contribution >= 4 is 5.91 Å². The molecule has 0 aromatic carbocycles. The fourth-order valence-corrected chi connectivity index (χ4v) is 4.81. The smallest absolute Gasteiger partial charge is 0.246 e. The molecule has 0 aromatic rings. The Morgan fingerprint density at radius 1 is 0.739 bits per heavy atom. The molecule has 2 fully saturated rings. The average Bonchev–Trinajstić information content (AvgIpc) is 3.58. The van der Waals surface area contributed by atoms with Gasteiger partial charge in [0.2, 0.25) is 5.91 Å². The number of carbonyl (C=O) groups excluding carboxylic acids is 1. The van der Waals surface area contributed by atoms with E-state index < -0.39 is 80.5 Å². The van der Waals surface area contributed by atoms with Gasteiger partial charge in [-0.25, -0.2) is 0 Å². The maximum atomic E-state index is 12.0. The van der Waals surface area contributed by atoms with Crippen LogP contribution >= 0.6 is 0 Å². The Kier molecular flexibility index (Phi) is 18.0. The fraction of sp³-hybridized carbons (Fsp3) is 0.828. The third-order valence-electron chi connectivity index (χ3n) is 7.43. The van der Waals surface area contributed by atoms with Gasteiger partial charge in [0.05, 0.1) is 66.1 Å². The summed E-state index contributed by atoms with van der Waals surface area (Å²) in [6, 6.07) is 0. The van der Waals surface area contributed by atoms with E-state index >= 15 is 0 Å². The summed E-state index contributed by atoms with van der Waals surface area (Å²) in [6.45, 7) is 1.26. The van der Waals surface area contributed by atoms with Gasteiger partial charge in [0.15, 0.2) is 12.6 Å². The molecular weight excluding hydrogens is 618 g/mol. The lowest BCUT2D eigenvalue weighted by Crippen LogP contribution is -2.64. The Hall–Kier alpha value is -1.65. The third-order valence-corrected chi connectivity index (χ3v) is 7.43. The van der Waals surface area contributed by atoms with Gasteiger partial charge in [-0.3, -0.25) is 4.79 Å². The van der Waals surface area contributed by atoms with Gasteiger partial charge in [0, 0.05) is 6.54 Å². The van der Waals surface area contributed by atoms with Gasteiger partial charge in [0.25, 0.3) is 0 Å². The molecule has 2 saturated heterocycles. The van der Waals surface area contributed by atoms with Crippen LogP contribution in [0.5, 0.6) is 0 Å². The summed E-state index contributed by atoms with van der Waals surface area (Å²) < 4.78 is 43.3. The summed E-state index contributed by atoms with van der Waals surface area (Å²) in [4.78, 5) is 12.0. The number of hydrogen-bond acceptors (Lipinski definition) is 16. The maximum Gasteiger partial charge on any atom is 0.246 e. The molecule has 17 nitrogen and oxygen atoms in total. The quantitative estimate of drug-likeness (QED) is 0.0514. The second kappa shape index (κ2) is 21.3. The molecule has 8 N–H and O–H groups in total. The maximum absolute atomic E-state index is 12.0. The molecular formula is C29H49NO16. The Balaban J connectivity index is 1.20. The number of nitrogens with one attached hydrogen (secondary N) is 1. The van der Waals surface area contributed by atoms with Gasteiger partial charge < -0.3 is 79.0 Å². The minimum Gasteiger partial charge on any atom is -0.394 e. The van der Waals surface area contributed by atoms with Crippen molar-refractivity contribution in [3.05, 3.63) is 23.8 Å². The number of amides is 1. The molecule has 0 bridgehead atoms. The number of aliphatic hydroxyl groups is 7. The summed E-state index contributed by atoms with van der Waals surface area (Å²) in [5.74, 6) is -0.418. The first-order valence-electron chi connectivity index (χ1n) is 15.4. The predicted octanol–water partition coefficient (Wildman–Crippen LogP) is -3.91. The highest BCUT2D eigenvalue weighted by Crippen LogP contribution is 2.29. The lowest BCUT2D eigenvalue weighted by atomic mass is 9.97. The Labute approximate surface area is 267 Å². The standard InChI is InChI=1S/C29H49NO16/c31-15-19-22(34)23(35)25(37)29(44-19)46-27-20(16-32)45-28(26(38)24(27)36)43-8-6-30-21(33)17-42-14-13-41-12-11-40-10-9-39-7-5-18-3-1-2-4-18/h1-3,19-20,22-29,31-32,34-38H,4-17H2,(H,30,33)/t19-,20-,22+,23+,24-,25-,26-,27-,28-,29+/m1/s1. The first kappa shape index (κ1) is 38.8. The second-order valence-corrected chi connectivity index (χ2v) is 10.8. The van der Waals surface area contributed by atoms with Crippen molar-refractivity contribution in [1.82, 2.24) is 5.32 Å². The zero-order valence-corrected chi connectivity index (χ0v) is 25.7. The first-order valence-corrected chi connectivity index (χ1v) is 15.4. The minimum atomic E-state index is -1.77. The highest BCUT2D eigenvalue weighted by atomic mass is 16.7. The van der Waals surface area contributed by atoms with Crippen molar-refractivity contribution in [3.8, 4) is 0 Å². The van der Waals surface area contributed by atoms with Gasteiger partial charge in [-0.15, -0.1) is 0 Å². The van der Waals surface area contributed by atoms with Gasteiger partial charge in [0.1, 0.15) is 55.4 Å². The molecule has 3 aliphatic rings. The van der Waals surface area contributed by atoms with Crippen molar-refractivity contribution in [2.24, 2.45) is 0 Å². The third kappa shape index (κ3) is 12.4. The molecule has 46 heavy (non-hydrogen) atoms.